The number of nitrogens with one attached hydrogen (secondary N) is 3. The summed E-state index contributed by atoms with van der Waals surface area (Å²) in [4.78, 5) is 28.2. The number of benzene rings is 1. The standard InChI is InChI=1S/C18H24N4O3/c1-5-11(2)20-16(23)13(4)21-18(24)22-15-8-6-7-14(9-15)17-19-10-12(3)25-17/h6-11,13H,5H2,1-4H3,(H,20,23)(H2,21,22,24)/t11-,13+/m1/s1. The second-order valence-electron chi connectivity index (χ2n) is 5.99. The van der Waals surface area contributed by atoms with Gasteiger partial charge in [0.1, 0.15) is 11.8 Å². The average molecular weight is 344 g/mol. The lowest BCUT2D eigenvalue weighted by molar-refractivity contribution is -0.123. The first kappa shape index (κ1) is 18.5. The number of carbonyl (C=O) groups is 2. The van der Waals surface area contributed by atoms with E-state index in [4.69, 9.17) is 4.42 Å². The van der Waals surface area contributed by atoms with Crippen molar-refractivity contribution >= 4 is 17.6 Å². The highest BCUT2D eigenvalue weighted by molar-refractivity contribution is 5.94. The summed E-state index contributed by atoms with van der Waals surface area (Å²) in [6.45, 7) is 7.36. The molecular weight excluding hydrogens is 320 g/mol. The zero-order chi connectivity index (χ0) is 18.4. The molecule has 0 saturated heterocycles. The van der Waals surface area contributed by atoms with Crippen LogP contribution in [0.1, 0.15) is 33.0 Å². The minimum atomic E-state index is -0.633. The summed E-state index contributed by atoms with van der Waals surface area (Å²) in [5.41, 5.74) is 1.34. The van der Waals surface area contributed by atoms with E-state index < -0.39 is 12.1 Å². The Morgan fingerprint density at radius 2 is 2.00 bits per heavy atom. The van der Waals surface area contributed by atoms with E-state index in [9.17, 15) is 9.59 Å². The van der Waals surface area contributed by atoms with Crippen molar-refractivity contribution in [1.82, 2.24) is 15.6 Å². The van der Waals surface area contributed by atoms with Crippen molar-refractivity contribution < 1.29 is 14.0 Å². The normalized spacial score (nSPS) is 13.0. The molecule has 0 bridgehead atoms. The van der Waals surface area contributed by atoms with Crippen molar-refractivity contribution in [3.8, 4) is 11.5 Å². The van der Waals surface area contributed by atoms with E-state index >= 15 is 0 Å². The molecule has 2 atom stereocenters. The van der Waals surface area contributed by atoms with Gasteiger partial charge < -0.3 is 20.4 Å². The third-order valence-electron chi connectivity index (χ3n) is 3.73. The third-order valence-corrected chi connectivity index (χ3v) is 3.73. The fraction of sp³-hybridized carbons (Fsp3) is 0.389. The lowest BCUT2D eigenvalue weighted by Crippen LogP contribution is -2.48. The van der Waals surface area contributed by atoms with Gasteiger partial charge in [0, 0.05) is 17.3 Å². The molecule has 0 spiro atoms. The predicted molar refractivity (Wildman–Crippen MR) is 96.2 cm³/mol. The van der Waals surface area contributed by atoms with Gasteiger partial charge in [-0.3, -0.25) is 4.79 Å². The van der Waals surface area contributed by atoms with Gasteiger partial charge in [-0.1, -0.05) is 13.0 Å². The molecule has 0 aliphatic heterocycles. The van der Waals surface area contributed by atoms with Crippen LogP contribution in [0.5, 0.6) is 0 Å². The molecule has 25 heavy (non-hydrogen) atoms. The zero-order valence-corrected chi connectivity index (χ0v) is 14.9. The molecule has 0 radical (unpaired) electrons. The van der Waals surface area contributed by atoms with Gasteiger partial charge in [0.25, 0.3) is 0 Å². The van der Waals surface area contributed by atoms with Crippen molar-refractivity contribution in [2.45, 2.75) is 46.2 Å². The van der Waals surface area contributed by atoms with Gasteiger partial charge in [-0.2, -0.15) is 0 Å². The topological polar surface area (TPSA) is 96.3 Å². The van der Waals surface area contributed by atoms with Crippen LogP contribution < -0.4 is 16.0 Å². The van der Waals surface area contributed by atoms with Gasteiger partial charge in [-0.15, -0.1) is 0 Å². The van der Waals surface area contributed by atoms with Crippen LogP contribution in [-0.4, -0.2) is 29.0 Å². The van der Waals surface area contributed by atoms with Crippen molar-refractivity contribution in [3.05, 3.63) is 36.2 Å². The van der Waals surface area contributed by atoms with Gasteiger partial charge >= 0.3 is 6.03 Å². The molecule has 2 rings (SSSR count). The van der Waals surface area contributed by atoms with Crippen LogP contribution >= 0.6 is 0 Å². The lowest BCUT2D eigenvalue weighted by atomic mass is 10.2. The first-order valence-electron chi connectivity index (χ1n) is 8.29. The molecule has 3 amide bonds. The van der Waals surface area contributed by atoms with E-state index in [-0.39, 0.29) is 11.9 Å². The molecule has 1 aromatic heterocycles. The third kappa shape index (κ3) is 5.34. The number of oxazole rings is 1. The summed E-state index contributed by atoms with van der Waals surface area (Å²) in [7, 11) is 0. The van der Waals surface area contributed by atoms with Crippen molar-refractivity contribution in [3.63, 3.8) is 0 Å². The Bertz CT molecular complexity index is 741. The van der Waals surface area contributed by atoms with Crippen LogP contribution in [0.25, 0.3) is 11.5 Å². The summed E-state index contributed by atoms with van der Waals surface area (Å²) in [5.74, 6) is 0.989. The van der Waals surface area contributed by atoms with Crippen molar-refractivity contribution in [2.24, 2.45) is 0 Å². The smallest absolute Gasteiger partial charge is 0.319 e. The largest absolute Gasteiger partial charge is 0.441 e. The number of aryl methyl sites for hydroxylation is 1. The number of hydrogen-bond acceptors (Lipinski definition) is 4. The molecule has 3 N–H and O–H groups in total. The summed E-state index contributed by atoms with van der Waals surface area (Å²) in [6.07, 6.45) is 2.47. The van der Waals surface area contributed by atoms with Gasteiger partial charge in [0.2, 0.25) is 11.8 Å². The SMILES string of the molecule is CC[C@@H](C)NC(=O)[C@H](C)NC(=O)Nc1cccc(-c2ncc(C)o2)c1. The first-order chi connectivity index (χ1) is 11.9. The molecule has 1 heterocycles. The number of hydrogen-bond donors (Lipinski definition) is 3. The molecule has 1 aromatic carbocycles. The van der Waals surface area contributed by atoms with E-state index in [0.29, 0.717) is 17.3 Å². The summed E-state index contributed by atoms with van der Waals surface area (Å²) in [6, 6.07) is 6.14. The van der Waals surface area contributed by atoms with Gasteiger partial charge in [0.05, 0.1) is 6.20 Å². The predicted octanol–water partition coefficient (Wildman–Crippen LogP) is 3.07. The number of nitrogens with zero attached hydrogens (tertiary/aromatic N) is 1. The van der Waals surface area contributed by atoms with E-state index in [1.54, 1.807) is 31.3 Å². The molecule has 0 aliphatic rings. The lowest BCUT2D eigenvalue weighted by Gasteiger charge is -2.17. The zero-order valence-electron chi connectivity index (χ0n) is 14.9. The molecular formula is C18H24N4O3. The van der Waals surface area contributed by atoms with Gasteiger partial charge in [-0.25, -0.2) is 9.78 Å². The Balaban J connectivity index is 1.95. The highest BCUT2D eigenvalue weighted by Crippen LogP contribution is 2.22. The summed E-state index contributed by atoms with van der Waals surface area (Å²) < 4.78 is 5.48. The Labute approximate surface area is 147 Å². The van der Waals surface area contributed by atoms with Gasteiger partial charge in [-0.05, 0) is 45.4 Å². The highest BCUT2D eigenvalue weighted by atomic mass is 16.4. The number of amides is 3. The average Bonchev–Trinajstić information content (AvgIpc) is 3.01. The maximum Gasteiger partial charge on any atom is 0.319 e. The number of aromatic nitrogens is 1. The maximum absolute atomic E-state index is 12.1. The molecule has 0 fully saturated rings. The van der Waals surface area contributed by atoms with Crippen LogP contribution in [0.4, 0.5) is 10.5 Å². The minimum absolute atomic E-state index is 0.0701. The number of urea groups is 1. The number of carbonyl (C=O) groups excluding carboxylic acids is 2. The van der Waals surface area contributed by atoms with E-state index in [1.807, 2.05) is 26.8 Å². The minimum Gasteiger partial charge on any atom is -0.441 e. The van der Waals surface area contributed by atoms with Crippen LogP contribution in [0.15, 0.2) is 34.9 Å². The maximum atomic E-state index is 12.1. The van der Waals surface area contributed by atoms with E-state index in [2.05, 4.69) is 20.9 Å². The van der Waals surface area contributed by atoms with Crippen molar-refractivity contribution in [2.75, 3.05) is 5.32 Å². The quantitative estimate of drug-likeness (QED) is 0.750. The van der Waals surface area contributed by atoms with Crippen LogP contribution in [0.3, 0.4) is 0 Å². The molecule has 7 nitrogen and oxygen atoms in total. The molecule has 7 heteroatoms. The fourth-order valence-corrected chi connectivity index (χ4v) is 2.12. The molecule has 0 unspecified atom stereocenters. The summed E-state index contributed by atoms with van der Waals surface area (Å²) in [5, 5.41) is 8.16. The Hall–Kier alpha value is -2.83. The first-order valence-corrected chi connectivity index (χ1v) is 8.29. The molecule has 134 valence electrons. The molecule has 0 aliphatic carbocycles. The molecule has 0 saturated carbocycles. The molecule has 2 aromatic rings. The second kappa shape index (κ2) is 8.32. The fourth-order valence-electron chi connectivity index (χ4n) is 2.12. The second-order valence-corrected chi connectivity index (χ2v) is 5.99. The van der Waals surface area contributed by atoms with Crippen LogP contribution in [0.2, 0.25) is 0 Å². The number of rotatable bonds is 6. The summed E-state index contributed by atoms with van der Waals surface area (Å²) >= 11 is 0. The Morgan fingerprint density at radius 3 is 2.64 bits per heavy atom. The van der Waals surface area contributed by atoms with Crippen LogP contribution in [-0.2, 0) is 4.79 Å². The number of anilines is 1. The monoisotopic (exact) mass is 344 g/mol. The van der Waals surface area contributed by atoms with E-state index in [0.717, 1.165) is 12.0 Å². The van der Waals surface area contributed by atoms with E-state index in [1.165, 1.54) is 0 Å². The van der Waals surface area contributed by atoms with Crippen molar-refractivity contribution in [1.29, 1.82) is 0 Å². The Kier molecular flexibility index (Phi) is 6.16. The highest BCUT2D eigenvalue weighted by Gasteiger charge is 2.17. The van der Waals surface area contributed by atoms with Crippen LogP contribution in [0, 0.1) is 6.92 Å². The Morgan fingerprint density at radius 1 is 1.24 bits per heavy atom. The van der Waals surface area contributed by atoms with Gasteiger partial charge in [0.15, 0.2) is 0 Å².